The molecule has 11 heteroatoms. The Balaban J connectivity index is 1.90. The van der Waals surface area contributed by atoms with Gasteiger partial charge in [-0.15, -0.1) is 0 Å². The number of sulfonamides is 1. The van der Waals surface area contributed by atoms with E-state index in [1.807, 2.05) is 0 Å². The minimum atomic E-state index is -3.83. The molecule has 0 spiro atoms. The molecule has 34 heavy (non-hydrogen) atoms. The first-order valence-electron chi connectivity index (χ1n) is 10.7. The number of anilines is 1. The lowest BCUT2D eigenvalue weighted by atomic mass is 10.1. The van der Waals surface area contributed by atoms with Crippen molar-refractivity contribution >= 4 is 27.5 Å². The lowest BCUT2D eigenvalue weighted by molar-refractivity contribution is -0.139. The fourth-order valence-electron chi connectivity index (χ4n) is 3.52. The molecule has 1 atom stereocenters. The molecule has 10 nitrogen and oxygen atoms in total. The van der Waals surface area contributed by atoms with Gasteiger partial charge in [0.25, 0.3) is 0 Å². The fourth-order valence-corrected chi connectivity index (χ4v) is 4.36. The SMILES string of the molecule is CNC(=O)[C@@H](C)N(Cc1ccc(OC)cc1)C(=O)CN(c1ccc2c(c1)OCCO2)S(C)(=O)=O. The number of ether oxygens (including phenoxy) is 3. The van der Waals surface area contributed by atoms with Crippen molar-refractivity contribution in [3.63, 3.8) is 0 Å². The van der Waals surface area contributed by atoms with Gasteiger partial charge >= 0.3 is 0 Å². The second-order valence-corrected chi connectivity index (χ2v) is 9.66. The highest BCUT2D eigenvalue weighted by atomic mass is 32.2. The van der Waals surface area contributed by atoms with Gasteiger partial charge in [0.15, 0.2) is 11.5 Å². The Hall–Kier alpha value is -3.47. The van der Waals surface area contributed by atoms with E-state index < -0.39 is 28.5 Å². The monoisotopic (exact) mass is 491 g/mol. The second-order valence-electron chi connectivity index (χ2n) is 7.76. The third-order valence-electron chi connectivity index (χ3n) is 5.42. The van der Waals surface area contributed by atoms with Crippen LogP contribution in [-0.2, 0) is 26.2 Å². The zero-order valence-electron chi connectivity index (χ0n) is 19.6. The molecule has 0 bridgehead atoms. The van der Waals surface area contributed by atoms with Crippen molar-refractivity contribution < 1.29 is 32.2 Å². The average molecular weight is 492 g/mol. The molecule has 2 aromatic rings. The standard InChI is InChI=1S/C23H29N3O7S/c1-16(23(28)24-2)25(14-17-5-8-19(31-3)9-6-17)22(27)15-26(34(4,29)30)18-7-10-20-21(13-18)33-12-11-32-20/h5-10,13,16H,11-12,14-15H2,1-4H3,(H,24,28)/t16-/m1/s1. The van der Waals surface area contributed by atoms with E-state index in [1.165, 1.54) is 18.0 Å². The number of carbonyl (C=O) groups is 2. The minimum Gasteiger partial charge on any atom is -0.497 e. The molecular formula is C23H29N3O7S. The molecule has 0 unspecified atom stereocenters. The van der Waals surface area contributed by atoms with Crippen LogP contribution < -0.4 is 23.8 Å². The summed E-state index contributed by atoms with van der Waals surface area (Å²) in [5.74, 6) is 0.657. The number of likely N-dealkylation sites (N-methyl/N-ethyl adjacent to an activating group) is 1. The molecule has 0 radical (unpaired) electrons. The first kappa shape index (κ1) is 25.2. The number of rotatable bonds is 9. The highest BCUT2D eigenvalue weighted by Crippen LogP contribution is 2.34. The van der Waals surface area contributed by atoms with E-state index >= 15 is 0 Å². The van der Waals surface area contributed by atoms with Crippen molar-refractivity contribution in [3.05, 3.63) is 48.0 Å². The number of fused-ring (bicyclic) bond motifs is 1. The van der Waals surface area contributed by atoms with E-state index in [-0.39, 0.29) is 18.1 Å². The van der Waals surface area contributed by atoms with Crippen LogP contribution in [-0.4, -0.2) is 71.3 Å². The lowest BCUT2D eigenvalue weighted by Crippen LogP contribution is -2.50. The Labute approximate surface area is 199 Å². The van der Waals surface area contributed by atoms with Crippen LogP contribution >= 0.6 is 0 Å². The summed E-state index contributed by atoms with van der Waals surface area (Å²) in [7, 11) is -0.803. The average Bonchev–Trinajstić information content (AvgIpc) is 2.84. The molecule has 0 saturated carbocycles. The Morgan fingerprint density at radius 1 is 1.09 bits per heavy atom. The van der Waals surface area contributed by atoms with Crippen LogP contribution in [0.3, 0.4) is 0 Å². The number of methoxy groups -OCH3 is 1. The molecule has 0 saturated heterocycles. The molecule has 184 valence electrons. The largest absolute Gasteiger partial charge is 0.497 e. The van der Waals surface area contributed by atoms with E-state index in [0.29, 0.717) is 30.5 Å². The number of carbonyl (C=O) groups excluding carboxylic acids is 2. The highest BCUT2D eigenvalue weighted by molar-refractivity contribution is 7.92. The van der Waals surface area contributed by atoms with Crippen molar-refractivity contribution in [2.75, 3.05) is 44.5 Å². The maximum atomic E-state index is 13.4. The molecule has 0 aliphatic carbocycles. The number of nitrogens with zero attached hydrogens (tertiary/aromatic N) is 2. The predicted molar refractivity (Wildman–Crippen MR) is 127 cm³/mol. The molecule has 2 aromatic carbocycles. The van der Waals surface area contributed by atoms with Crippen molar-refractivity contribution in [1.29, 1.82) is 0 Å². The van der Waals surface area contributed by atoms with Crippen LogP contribution in [0, 0.1) is 0 Å². The predicted octanol–water partition coefficient (Wildman–Crippen LogP) is 1.40. The van der Waals surface area contributed by atoms with Crippen LogP contribution in [0.1, 0.15) is 12.5 Å². The van der Waals surface area contributed by atoms with Crippen LogP contribution in [0.5, 0.6) is 17.2 Å². The Bertz CT molecular complexity index is 1140. The van der Waals surface area contributed by atoms with E-state index in [1.54, 1.807) is 50.4 Å². The Morgan fingerprint density at radius 3 is 2.32 bits per heavy atom. The van der Waals surface area contributed by atoms with Gasteiger partial charge in [0, 0.05) is 19.7 Å². The molecule has 3 rings (SSSR count). The van der Waals surface area contributed by atoms with Crippen LogP contribution in [0.2, 0.25) is 0 Å². The summed E-state index contributed by atoms with van der Waals surface area (Å²) in [4.78, 5) is 27.1. The van der Waals surface area contributed by atoms with Gasteiger partial charge in [-0.05, 0) is 36.8 Å². The normalized spacial score (nSPS) is 13.5. The number of amides is 2. The van der Waals surface area contributed by atoms with Crippen molar-refractivity contribution in [2.45, 2.75) is 19.5 Å². The Kier molecular flexibility index (Phi) is 7.87. The molecule has 0 aromatic heterocycles. The van der Waals surface area contributed by atoms with Crippen LogP contribution in [0.15, 0.2) is 42.5 Å². The summed E-state index contributed by atoms with van der Waals surface area (Å²) in [6, 6.07) is 10.9. The molecule has 1 N–H and O–H groups in total. The smallest absolute Gasteiger partial charge is 0.244 e. The Morgan fingerprint density at radius 2 is 1.74 bits per heavy atom. The molecule has 1 heterocycles. The topological polar surface area (TPSA) is 114 Å². The summed E-state index contributed by atoms with van der Waals surface area (Å²) in [5, 5.41) is 2.54. The quantitative estimate of drug-likeness (QED) is 0.564. The van der Waals surface area contributed by atoms with E-state index in [0.717, 1.165) is 16.1 Å². The van der Waals surface area contributed by atoms with Gasteiger partial charge < -0.3 is 24.4 Å². The molecule has 2 amide bonds. The summed E-state index contributed by atoms with van der Waals surface area (Å²) < 4.78 is 42.5. The first-order valence-corrected chi connectivity index (χ1v) is 12.5. The summed E-state index contributed by atoms with van der Waals surface area (Å²) in [6.07, 6.45) is 1.02. The number of nitrogens with one attached hydrogen (secondary N) is 1. The molecule has 0 fully saturated rings. The van der Waals surface area contributed by atoms with Crippen molar-refractivity contribution in [3.8, 4) is 17.2 Å². The lowest BCUT2D eigenvalue weighted by Gasteiger charge is -2.31. The van der Waals surface area contributed by atoms with Crippen molar-refractivity contribution in [1.82, 2.24) is 10.2 Å². The fraction of sp³-hybridized carbons (Fsp3) is 0.391. The molecule has 1 aliphatic heterocycles. The van der Waals surface area contributed by atoms with Gasteiger partial charge in [-0.3, -0.25) is 13.9 Å². The van der Waals surface area contributed by atoms with Gasteiger partial charge in [-0.2, -0.15) is 0 Å². The van der Waals surface area contributed by atoms with Crippen molar-refractivity contribution in [2.24, 2.45) is 0 Å². The van der Waals surface area contributed by atoms with E-state index in [4.69, 9.17) is 14.2 Å². The summed E-state index contributed by atoms with van der Waals surface area (Å²) in [5.41, 5.74) is 1.02. The van der Waals surface area contributed by atoms with E-state index in [2.05, 4.69) is 5.32 Å². The minimum absolute atomic E-state index is 0.107. The third kappa shape index (κ3) is 5.90. The van der Waals surface area contributed by atoms with Gasteiger partial charge in [0.1, 0.15) is 31.5 Å². The van der Waals surface area contributed by atoms with Crippen LogP contribution in [0.4, 0.5) is 5.69 Å². The summed E-state index contributed by atoms with van der Waals surface area (Å²) >= 11 is 0. The number of hydrogen-bond acceptors (Lipinski definition) is 7. The first-order chi connectivity index (χ1) is 16.1. The van der Waals surface area contributed by atoms with Gasteiger partial charge in [0.05, 0.1) is 19.1 Å². The zero-order chi connectivity index (χ0) is 24.9. The summed E-state index contributed by atoms with van der Waals surface area (Å²) in [6.45, 7) is 1.95. The zero-order valence-corrected chi connectivity index (χ0v) is 20.4. The van der Waals surface area contributed by atoms with Gasteiger partial charge in [-0.1, -0.05) is 12.1 Å². The van der Waals surface area contributed by atoms with Crippen LogP contribution in [0.25, 0.3) is 0 Å². The number of hydrogen-bond donors (Lipinski definition) is 1. The number of benzene rings is 2. The van der Waals surface area contributed by atoms with Gasteiger partial charge in [-0.25, -0.2) is 8.42 Å². The van der Waals surface area contributed by atoms with Gasteiger partial charge in [0.2, 0.25) is 21.8 Å². The maximum absolute atomic E-state index is 13.4. The highest BCUT2D eigenvalue weighted by Gasteiger charge is 2.30. The van der Waals surface area contributed by atoms with E-state index in [9.17, 15) is 18.0 Å². The maximum Gasteiger partial charge on any atom is 0.244 e. The second kappa shape index (κ2) is 10.6. The third-order valence-corrected chi connectivity index (χ3v) is 6.56. The molecule has 1 aliphatic rings. The molecular weight excluding hydrogens is 462 g/mol.